The molecule has 0 aromatic carbocycles. The standard InChI is InChI=1S/C11H23N3O3S/c1-3-14(4-2)18(16,17)12-8-6-10-13-9-5-7-11(13)15/h12H,3-10H2,1-2H3. The van der Waals surface area contributed by atoms with Crippen LogP contribution >= 0.6 is 0 Å². The molecule has 1 fully saturated rings. The summed E-state index contributed by atoms with van der Waals surface area (Å²) in [6.45, 7) is 6.38. The van der Waals surface area contributed by atoms with Gasteiger partial charge in [-0.05, 0) is 12.8 Å². The maximum Gasteiger partial charge on any atom is 0.279 e. The molecule has 0 saturated carbocycles. The van der Waals surface area contributed by atoms with Gasteiger partial charge in [-0.1, -0.05) is 13.8 Å². The Bertz CT molecular complexity index is 366. The first kappa shape index (κ1) is 15.4. The first-order chi connectivity index (χ1) is 8.51. The molecule has 0 aliphatic carbocycles. The summed E-state index contributed by atoms with van der Waals surface area (Å²) in [5.74, 6) is 0.182. The molecule has 7 heteroatoms. The van der Waals surface area contributed by atoms with Crippen LogP contribution < -0.4 is 4.72 Å². The molecule has 6 nitrogen and oxygen atoms in total. The van der Waals surface area contributed by atoms with Crippen LogP contribution in [0.4, 0.5) is 0 Å². The lowest BCUT2D eigenvalue weighted by molar-refractivity contribution is -0.127. The number of hydrogen-bond acceptors (Lipinski definition) is 3. The zero-order chi connectivity index (χ0) is 13.6. The number of likely N-dealkylation sites (tertiary alicyclic amines) is 1. The Morgan fingerprint density at radius 1 is 1.33 bits per heavy atom. The van der Waals surface area contributed by atoms with Crippen LogP contribution in [-0.2, 0) is 15.0 Å². The Hall–Kier alpha value is -0.660. The third-order valence-corrected chi connectivity index (χ3v) is 4.87. The summed E-state index contributed by atoms with van der Waals surface area (Å²) < 4.78 is 27.5. The molecule has 0 bridgehead atoms. The van der Waals surface area contributed by atoms with Gasteiger partial charge in [0.15, 0.2) is 0 Å². The second-order valence-electron chi connectivity index (χ2n) is 4.32. The fraction of sp³-hybridized carbons (Fsp3) is 0.909. The smallest absolute Gasteiger partial charge is 0.279 e. The molecule has 1 heterocycles. The first-order valence-corrected chi connectivity index (χ1v) is 7.97. The summed E-state index contributed by atoms with van der Waals surface area (Å²) in [7, 11) is -3.35. The third-order valence-electron chi connectivity index (χ3n) is 3.11. The van der Waals surface area contributed by atoms with Gasteiger partial charge in [-0.3, -0.25) is 4.79 Å². The minimum absolute atomic E-state index is 0.182. The second kappa shape index (κ2) is 7.06. The Labute approximate surface area is 110 Å². The van der Waals surface area contributed by atoms with E-state index >= 15 is 0 Å². The van der Waals surface area contributed by atoms with Crippen molar-refractivity contribution in [3.05, 3.63) is 0 Å². The van der Waals surface area contributed by atoms with E-state index in [4.69, 9.17) is 0 Å². The number of carbonyl (C=O) groups is 1. The van der Waals surface area contributed by atoms with Crippen molar-refractivity contribution in [1.29, 1.82) is 0 Å². The van der Waals surface area contributed by atoms with Crippen LogP contribution in [-0.4, -0.2) is 56.3 Å². The lowest BCUT2D eigenvalue weighted by atomic mass is 10.4. The van der Waals surface area contributed by atoms with E-state index in [0.29, 0.717) is 39.0 Å². The Kier molecular flexibility index (Phi) is 6.04. The highest BCUT2D eigenvalue weighted by atomic mass is 32.2. The molecular weight excluding hydrogens is 254 g/mol. The number of rotatable bonds is 8. The maximum atomic E-state index is 11.8. The van der Waals surface area contributed by atoms with E-state index in [-0.39, 0.29) is 5.91 Å². The molecule has 106 valence electrons. The first-order valence-electron chi connectivity index (χ1n) is 6.53. The maximum absolute atomic E-state index is 11.8. The zero-order valence-corrected chi connectivity index (χ0v) is 12.0. The molecule has 1 amide bonds. The molecule has 0 unspecified atom stereocenters. The Balaban J connectivity index is 2.26. The van der Waals surface area contributed by atoms with Crippen molar-refractivity contribution < 1.29 is 13.2 Å². The van der Waals surface area contributed by atoms with Crippen molar-refractivity contribution in [2.45, 2.75) is 33.1 Å². The van der Waals surface area contributed by atoms with Crippen molar-refractivity contribution in [3.63, 3.8) is 0 Å². The molecule has 18 heavy (non-hydrogen) atoms. The van der Waals surface area contributed by atoms with E-state index in [0.717, 1.165) is 13.0 Å². The second-order valence-corrected chi connectivity index (χ2v) is 6.08. The molecule has 1 aliphatic rings. The molecule has 0 radical (unpaired) electrons. The van der Waals surface area contributed by atoms with E-state index in [1.54, 1.807) is 4.90 Å². The highest BCUT2D eigenvalue weighted by molar-refractivity contribution is 7.87. The largest absolute Gasteiger partial charge is 0.343 e. The highest BCUT2D eigenvalue weighted by Gasteiger charge is 2.20. The molecule has 0 spiro atoms. The quantitative estimate of drug-likeness (QED) is 0.643. The minimum atomic E-state index is -3.35. The Morgan fingerprint density at radius 2 is 2.00 bits per heavy atom. The molecule has 1 rings (SSSR count). The summed E-state index contributed by atoms with van der Waals surface area (Å²) in [5.41, 5.74) is 0. The number of amides is 1. The summed E-state index contributed by atoms with van der Waals surface area (Å²) in [6, 6.07) is 0. The van der Waals surface area contributed by atoms with Gasteiger partial charge in [-0.2, -0.15) is 12.7 Å². The van der Waals surface area contributed by atoms with E-state index in [1.807, 2.05) is 13.8 Å². The predicted molar refractivity (Wildman–Crippen MR) is 70.3 cm³/mol. The summed E-state index contributed by atoms with van der Waals surface area (Å²) >= 11 is 0. The van der Waals surface area contributed by atoms with Crippen LogP contribution in [0.1, 0.15) is 33.1 Å². The van der Waals surface area contributed by atoms with Crippen LogP contribution in [0.25, 0.3) is 0 Å². The van der Waals surface area contributed by atoms with Crippen molar-refractivity contribution in [3.8, 4) is 0 Å². The zero-order valence-electron chi connectivity index (χ0n) is 11.2. The fourth-order valence-corrected chi connectivity index (χ4v) is 3.33. The van der Waals surface area contributed by atoms with Gasteiger partial charge in [0.05, 0.1) is 0 Å². The minimum Gasteiger partial charge on any atom is -0.343 e. The lowest BCUT2D eigenvalue weighted by Gasteiger charge is -2.19. The van der Waals surface area contributed by atoms with Gasteiger partial charge >= 0.3 is 0 Å². The van der Waals surface area contributed by atoms with Gasteiger partial charge in [0, 0.05) is 39.1 Å². The van der Waals surface area contributed by atoms with Crippen LogP contribution in [0.5, 0.6) is 0 Å². The van der Waals surface area contributed by atoms with Gasteiger partial charge in [0.2, 0.25) is 5.91 Å². The van der Waals surface area contributed by atoms with Crippen LogP contribution in [0, 0.1) is 0 Å². The summed E-state index contributed by atoms with van der Waals surface area (Å²) in [5, 5.41) is 0. The molecule has 1 saturated heterocycles. The summed E-state index contributed by atoms with van der Waals surface area (Å²) in [6.07, 6.45) is 2.21. The van der Waals surface area contributed by atoms with E-state index in [9.17, 15) is 13.2 Å². The van der Waals surface area contributed by atoms with Crippen molar-refractivity contribution in [2.24, 2.45) is 0 Å². The SMILES string of the molecule is CCN(CC)S(=O)(=O)NCCCN1CCCC1=O. The fourth-order valence-electron chi connectivity index (χ4n) is 2.07. The molecular formula is C11H23N3O3S. The molecule has 0 atom stereocenters. The number of nitrogens with zero attached hydrogens (tertiary/aromatic N) is 2. The normalized spacial score (nSPS) is 16.8. The van der Waals surface area contributed by atoms with Crippen molar-refractivity contribution in [1.82, 2.24) is 13.9 Å². The molecule has 0 aromatic heterocycles. The highest BCUT2D eigenvalue weighted by Crippen LogP contribution is 2.09. The lowest BCUT2D eigenvalue weighted by Crippen LogP contribution is -2.41. The van der Waals surface area contributed by atoms with E-state index < -0.39 is 10.2 Å². The molecule has 0 aromatic rings. The Morgan fingerprint density at radius 3 is 2.50 bits per heavy atom. The average Bonchev–Trinajstić information content (AvgIpc) is 2.72. The van der Waals surface area contributed by atoms with Gasteiger partial charge in [0.25, 0.3) is 10.2 Å². The average molecular weight is 277 g/mol. The van der Waals surface area contributed by atoms with E-state index in [2.05, 4.69) is 4.72 Å². The number of nitrogens with one attached hydrogen (secondary N) is 1. The number of carbonyl (C=O) groups excluding carboxylic acids is 1. The van der Waals surface area contributed by atoms with Crippen LogP contribution in [0.2, 0.25) is 0 Å². The summed E-state index contributed by atoms with van der Waals surface area (Å²) in [4.78, 5) is 13.1. The molecule has 1 aliphatic heterocycles. The van der Waals surface area contributed by atoms with E-state index in [1.165, 1.54) is 4.31 Å². The van der Waals surface area contributed by atoms with Gasteiger partial charge < -0.3 is 4.90 Å². The van der Waals surface area contributed by atoms with Gasteiger partial charge in [0.1, 0.15) is 0 Å². The van der Waals surface area contributed by atoms with Gasteiger partial charge in [-0.15, -0.1) is 0 Å². The van der Waals surface area contributed by atoms with Gasteiger partial charge in [-0.25, -0.2) is 4.72 Å². The predicted octanol–water partition coefficient (Wildman–Crippen LogP) is 0.175. The topological polar surface area (TPSA) is 69.7 Å². The molecule has 1 N–H and O–H groups in total. The van der Waals surface area contributed by atoms with Crippen molar-refractivity contribution >= 4 is 16.1 Å². The van der Waals surface area contributed by atoms with Crippen molar-refractivity contribution in [2.75, 3.05) is 32.7 Å². The van der Waals surface area contributed by atoms with Crippen LogP contribution in [0.3, 0.4) is 0 Å². The third kappa shape index (κ3) is 4.22. The monoisotopic (exact) mass is 277 g/mol. The van der Waals surface area contributed by atoms with Crippen LogP contribution in [0.15, 0.2) is 0 Å². The number of hydrogen-bond donors (Lipinski definition) is 1.